The molecule has 6 heteroatoms. The van der Waals surface area contributed by atoms with Crippen LogP contribution < -0.4 is 4.81 Å². The van der Waals surface area contributed by atoms with E-state index in [1.165, 1.54) is 0 Å². The van der Waals surface area contributed by atoms with Crippen LogP contribution in [0.3, 0.4) is 0 Å². The number of rotatable bonds is 2. The molecule has 1 aliphatic heterocycles. The summed E-state index contributed by atoms with van der Waals surface area (Å²) in [4.78, 5) is 12.1. The molecule has 0 amide bonds. The molecule has 0 unspecified atom stereocenters. The molecule has 15 heavy (non-hydrogen) atoms. The molecule has 4 nitrogen and oxygen atoms in total. The fourth-order valence-electron chi connectivity index (χ4n) is 1.25. The average Bonchev–Trinajstić information content (AvgIpc) is 2.68. The molecule has 0 aliphatic carbocycles. The normalized spacial score (nSPS) is 14.1. The summed E-state index contributed by atoms with van der Waals surface area (Å²) in [5.41, 5.74) is 0. The van der Waals surface area contributed by atoms with Crippen LogP contribution in [-0.4, -0.2) is 28.4 Å². The average molecular weight is 379 g/mol. The first-order chi connectivity index (χ1) is 6.77. The van der Waals surface area contributed by atoms with Gasteiger partial charge in [0, 0.05) is 44.7 Å². The third-order valence-electron chi connectivity index (χ3n) is 2.08. The molecule has 0 fully saturated rings. The number of hydrogen-bond donors (Lipinski definition) is 0. The molecule has 1 aromatic heterocycles. The Morgan fingerprint density at radius 2 is 2.13 bits per heavy atom. The SMILES string of the molecule is CC(C)N1[B]N(c2ccncn2)C=C1.[Ir]. The maximum atomic E-state index is 4.16. The van der Waals surface area contributed by atoms with Crippen LogP contribution in [-0.2, 0) is 20.1 Å². The van der Waals surface area contributed by atoms with Crippen molar-refractivity contribution in [2.24, 2.45) is 0 Å². The van der Waals surface area contributed by atoms with Gasteiger partial charge in [0.1, 0.15) is 12.1 Å². The first kappa shape index (κ1) is 12.2. The van der Waals surface area contributed by atoms with Crippen molar-refractivity contribution < 1.29 is 20.1 Å². The van der Waals surface area contributed by atoms with Crippen molar-refractivity contribution in [3.8, 4) is 0 Å². The summed E-state index contributed by atoms with van der Waals surface area (Å²) in [5.74, 6) is 0.888. The molecule has 1 aromatic rings. The van der Waals surface area contributed by atoms with Crippen molar-refractivity contribution in [3.05, 3.63) is 31.0 Å². The molecule has 0 atom stereocenters. The minimum absolute atomic E-state index is 0. The molecule has 0 saturated carbocycles. The van der Waals surface area contributed by atoms with Crippen LogP contribution in [0.4, 0.5) is 5.82 Å². The Bertz CT molecular complexity index is 330. The van der Waals surface area contributed by atoms with Gasteiger partial charge in [-0.15, -0.1) is 0 Å². The second-order valence-corrected chi connectivity index (χ2v) is 3.43. The molecule has 0 aromatic carbocycles. The van der Waals surface area contributed by atoms with Gasteiger partial charge in [0.05, 0.1) is 0 Å². The van der Waals surface area contributed by atoms with Crippen LogP contribution in [0.5, 0.6) is 0 Å². The minimum Gasteiger partial charge on any atom is -0.401 e. The van der Waals surface area contributed by atoms with Gasteiger partial charge in [0.25, 0.3) is 0 Å². The Hall–Kier alpha value is -0.866. The maximum Gasteiger partial charge on any atom is 0.396 e. The summed E-state index contributed by atoms with van der Waals surface area (Å²) in [6, 6.07) is 2.35. The van der Waals surface area contributed by atoms with Gasteiger partial charge in [-0.3, -0.25) is 0 Å². The smallest absolute Gasteiger partial charge is 0.396 e. The van der Waals surface area contributed by atoms with Crippen molar-refractivity contribution >= 4 is 13.4 Å². The summed E-state index contributed by atoms with van der Waals surface area (Å²) < 4.78 is 0. The van der Waals surface area contributed by atoms with Crippen molar-refractivity contribution in [3.63, 3.8) is 0 Å². The van der Waals surface area contributed by atoms with Crippen LogP contribution in [0.2, 0.25) is 0 Å². The largest absolute Gasteiger partial charge is 0.401 e. The Morgan fingerprint density at radius 3 is 2.67 bits per heavy atom. The summed E-state index contributed by atoms with van der Waals surface area (Å²) in [6.07, 6.45) is 7.31. The summed E-state index contributed by atoms with van der Waals surface area (Å²) in [7, 11) is 2.02. The first-order valence-corrected chi connectivity index (χ1v) is 4.62. The van der Waals surface area contributed by atoms with Gasteiger partial charge in [-0.25, -0.2) is 9.97 Å². The minimum atomic E-state index is 0. The van der Waals surface area contributed by atoms with E-state index in [1.54, 1.807) is 12.5 Å². The van der Waals surface area contributed by atoms with Crippen LogP contribution in [0.15, 0.2) is 31.0 Å². The van der Waals surface area contributed by atoms with Crippen molar-refractivity contribution in [2.45, 2.75) is 19.9 Å². The molecule has 1 aliphatic rings. The topological polar surface area (TPSA) is 32.3 Å². The van der Waals surface area contributed by atoms with E-state index in [4.69, 9.17) is 0 Å². The van der Waals surface area contributed by atoms with Gasteiger partial charge in [-0.2, -0.15) is 0 Å². The zero-order valence-corrected chi connectivity index (χ0v) is 11.1. The van der Waals surface area contributed by atoms with Crippen molar-refractivity contribution in [2.75, 3.05) is 4.81 Å². The molecular weight excluding hydrogens is 367 g/mol. The summed E-state index contributed by atoms with van der Waals surface area (Å²) in [6.45, 7) is 4.29. The third-order valence-corrected chi connectivity index (χ3v) is 2.08. The van der Waals surface area contributed by atoms with Gasteiger partial charge >= 0.3 is 7.55 Å². The molecule has 80 valence electrons. The third kappa shape index (κ3) is 2.80. The fourth-order valence-corrected chi connectivity index (χ4v) is 1.25. The Balaban J connectivity index is 0.00000112. The Morgan fingerprint density at radius 1 is 1.33 bits per heavy atom. The maximum absolute atomic E-state index is 4.16. The zero-order valence-electron chi connectivity index (χ0n) is 8.66. The van der Waals surface area contributed by atoms with Gasteiger partial charge in [-0.1, -0.05) is 0 Å². The Kier molecular flexibility index (Phi) is 4.30. The number of aromatic nitrogens is 2. The van der Waals surface area contributed by atoms with E-state index in [2.05, 4.69) is 28.6 Å². The molecular formula is C9H12BIrN4. The van der Waals surface area contributed by atoms with Gasteiger partial charge in [0.15, 0.2) is 0 Å². The molecule has 0 N–H and O–H groups in total. The molecule has 0 spiro atoms. The predicted molar refractivity (Wildman–Crippen MR) is 56.4 cm³/mol. The Labute approximate surface area is 104 Å². The zero-order chi connectivity index (χ0) is 9.97. The van der Waals surface area contributed by atoms with E-state index in [9.17, 15) is 0 Å². The second kappa shape index (κ2) is 5.28. The predicted octanol–water partition coefficient (Wildman–Crippen LogP) is 1.01. The van der Waals surface area contributed by atoms with Gasteiger partial charge in [-0.05, 0) is 19.9 Å². The molecule has 2 radical (unpaired) electrons. The number of anilines is 1. The van der Waals surface area contributed by atoms with E-state index in [1.807, 2.05) is 30.8 Å². The summed E-state index contributed by atoms with van der Waals surface area (Å²) in [5, 5.41) is 0. The van der Waals surface area contributed by atoms with Crippen molar-refractivity contribution in [1.29, 1.82) is 0 Å². The van der Waals surface area contributed by atoms with E-state index in [-0.39, 0.29) is 20.1 Å². The van der Waals surface area contributed by atoms with Crippen molar-refractivity contribution in [1.82, 2.24) is 14.8 Å². The fraction of sp³-hybridized carbons (Fsp3) is 0.333. The van der Waals surface area contributed by atoms with E-state index in [0.29, 0.717) is 6.04 Å². The first-order valence-electron chi connectivity index (χ1n) is 4.62. The monoisotopic (exact) mass is 380 g/mol. The van der Waals surface area contributed by atoms with E-state index < -0.39 is 0 Å². The van der Waals surface area contributed by atoms with Crippen LogP contribution in [0, 0.1) is 0 Å². The van der Waals surface area contributed by atoms with E-state index in [0.717, 1.165) is 5.82 Å². The summed E-state index contributed by atoms with van der Waals surface area (Å²) >= 11 is 0. The second-order valence-electron chi connectivity index (χ2n) is 3.43. The quantitative estimate of drug-likeness (QED) is 0.719. The molecule has 0 bridgehead atoms. The van der Waals surface area contributed by atoms with Crippen LogP contribution >= 0.6 is 0 Å². The molecule has 2 rings (SSSR count). The number of hydrogen-bond acceptors (Lipinski definition) is 4. The van der Waals surface area contributed by atoms with Crippen LogP contribution in [0.25, 0.3) is 0 Å². The number of nitrogens with zero attached hydrogens (tertiary/aromatic N) is 4. The van der Waals surface area contributed by atoms with Gasteiger partial charge in [0.2, 0.25) is 0 Å². The van der Waals surface area contributed by atoms with Crippen LogP contribution in [0.1, 0.15) is 13.8 Å². The molecule has 2 heterocycles. The molecule has 0 saturated heterocycles. The van der Waals surface area contributed by atoms with E-state index >= 15 is 0 Å². The standard InChI is InChI=1S/C9H12BN4.Ir/c1-8(2)13-5-6-14(10-13)9-3-4-11-7-12-9;/h3-8H,1-2H3;. The van der Waals surface area contributed by atoms with Gasteiger partial charge < -0.3 is 9.62 Å².